The van der Waals surface area contributed by atoms with Crippen molar-refractivity contribution in [1.82, 2.24) is 9.97 Å². The number of nitrogens with one attached hydrogen (secondary N) is 1. The Labute approximate surface area is 109 Å². The molecule has 0 fully saturated rings. The largest absolute Gasteiger partial charge is 0.481 e. The summed E-state index contributed by atoms with van der Waals surface area (Å²) in [6.45, 7) is 2.57. The van der Waals surface area contributed by atoms with Gasteiger partial charge in [-0.15, -0.1) is 11.3 Å². The van der Waals surface area contributed by atoms with E-state index in [1.807, 2.05) is 25.3 Å². The molecular formula is C12H13N3O2S. The molecule has 2 rings (SSSR count). The molecule has 0 aliphatic heterocycles. The molecule has 0 bridgehead atoms. The highest BCUT2D eigenvalue weighted by Gasteiger charge is 2.05. The van der Waals surface area contributed by atoms with Crippen LogP contribution in [0.4, 0.5) is 5.13 Å². The maximum Gasteiger partial charge on any atom is 0.309 e. The molecule has 94 valence electrons. The molecule has 2 aromatic heterocycles. The van der Waals surface area contributed by atoms with Crippen LogP contribution in [-0.4, -0.2) is 21.0 Å². The number of carboxylic acid groups (broad SMARTS) is 1. The minimum Gasteiger partial charge on any atom is -0.481 e. The van der Waals surface area contributed by atoms with E-state index in [2.05, 4.69) is 15.3 Å². The molecule has 18 heavy (non-hydrogen) atoms. The highest BCUT2D eigenvalue weighted by atomic mass is 32.1. The second-order valence-electron chi connectivity index (χ2n) is 3.88. The number of aryl methyl sites for hydroxylation is 1. The van der Waals surface area contributed by atoms with Gasteiger partial charge >= 0.3 is 5.97 Å². The lowest BCUT2D eigenvalue weighted by Gasteiger charge is -2.02. The van der Waals surface area contributed by atoms with E-state index >= 15 is 0 Å². The molecule has 0 radical (unpaired) electrons. The van der Waals surface area contributed by atoms with E-state index in [9.17, 15) is 4.79 Å². The first-order chi connectivity index (χ1) is 8.63. The van der Waals surface area contributed by atoms with E-state index in [-0.39, 0.29) is 6.42 Å². The van der Waals surface area contributed by atoms with Crippen LogP contribution in [0.15, 0.2) is 23.7 Å². The fraction of sp³-hybridized carbons (Fsp3) is 0.250. The minimum absolute atomic E-state index is 0.0374. The molecule has 0 spiro atoms. The minimum atomic E-state index is -0.866. The first kappa shape index (κ1) is 12.5. The van der Waals surface area contributed by atoms with Gasteiger partial charge in [-0.3, -0.25) is 9.78 Å². The molecule has 0 aliphatic carbocycles. The Bertz CT molecular complexity index is 537. The maximum absolute atomic E-state index is 10.5. The van der Waals surface area contributed by atoms with Crippen molar-refractivity contribution in [2.24, 2.45) is 0 Å². The molecule has 0 amide bonds. The summed E-state index contributed by atoms with van der Waals surface area (Å²) in [5.41, 5.74) is 2.63. The Balaban J connectivity index is 1.92. The monoisotopic (exact) mass is 263 g/mol. The highest BCUT2D eigenvalue weighted by molar-refractivity contribution is 7.13. The zero-order valence-electron chi connectivity index (χ0n) is 9.88. The van der Waals surface area contributed by atoms with Crippen molar-refractivity contribution >= 4 is 22.4 Å². The smallest absolute Gasteiger partial charge is 0.309 e. The molecule has 0 unspecified atom stereocenters. The molecule has 2 N–H and O–H groups in total. The zero-order chi connectivity index (χ0) is 13.0. The van der Waals surface area contributed by atoms with Gasteiger partial charge in [0.05, 0.1) is 12.1 Å². The van der Waals surface area contributed by atoms with Gasteiger partial charge in [-0.1, -0.05) is 6.07 Å². The first-order valence-electron chi connectivity index (χ1n) is 5.45. The van der Waals surface area contributed by atoms with Gasteiger partial charge in [-0.2, -0.15) is 0 Å². The van der Waals surface area contributed by atoms with Crippen LogP contribution < -0.4 is 5.32 Å². The third-order valence-corrected chi connectivity index (χ3v) is 3.15. The Morgan fingerprint density at radius 2 is 2.33 bits per heavy atom. The summed E-state index contributed by atoms with van der Waals surface area (Å²) >= 11 is 1.41. The Morgan fingerprint density at radius 3 is 3.00 bits per heavy atom. The molecule has 0 aliphatic rings. The number of hydrogen-bond donors (Lipinski definition) is 2. The van der Waals surface area contributed by atoms with Crippen molar-refractivity contribution in [3.8, 4) is 0 Å². The fourth-order valence-corrected chi connectivity index (χ4v) is 2.11. The standard InChI is InChI=1S/C12H13N3O2S/c1-8-2-3-9(5-13-8)6-14-12-15-10(7-18-12)4-11(16)17/h2-3,5,7H,4,6H2,1H3,(H,14,15)(H,16,17). The van der Waals surface area contributed by atoms with E-state index in [0.717, 1.165) is 16.4 Å². The van der Waals surface area contributed by atoms with Crippen LogP contribution in [0.1, 0.15) is 17.0 Å². The van der Waals surface area contributed by atoms with Gasteiger partial charge in [0.2, 0.25) is 0 Å². The summed E-state index contributed by atoms with van der Waals surface area (Å²) in [5.74, 6) is -0.866. The van der Waals surface area contributed by atoms with Crippen LogP contribution in [0.5, 0.6) is 0 Å². The number of carboxylic acids is 1. The third kappa shape index (κ3) is 3.53. The normalized spacial score (nSPS) is 10.3. The van der Waals surface area contributed by atoms with Crippen LogP contribution >= 0.6 is 11.3 Å². The fourth-order valence-electron chi connectivity index (χ4n) is 1.40. The van der Waals surface area contributed by atoms with Gasteiger partial charge in [-0.05, 0) is 18.6 Å². The van der Waals surface area contributed by atoms with Gasteiger partial charge in [0.15, 0.2) is 5.13 Å². The lowest BCUT2D eigenvalue weighted by Crippen LogP contribution is -2.02. The van der Waals surface area contributed by atoms with E-state index in [1.165, 1.54) is 11.3 Å². The summed E-state index contributed by atoms with van der Waals surface area (Å²) in [7, 11) is 0. The van der Waals surface area contributed by atoms with E-state index in [1.54, 1.807) is 5.38 Å². The molecule has 2 heterocycles. The van der Waals surface area contributed by atoms with Crippen LogP contribution in [0.25, 0.3) is 0 Å². The van der Waals surface area contributed by atoms with Gasteiger partial charge in [0.1, 0.15) is 0 Å². The summed E-state index contributed by atoms with van der Waals surface area (Å²) in [6, 6.07) is 3.95. The number of aromatic nitrogens is 2. The quantitative estimate of drug-likeness (QED) is 0.864. The third-order valence-electron chi connectivity index (χ3n) is 2.30. The SMILES string of the molecule is Cc1ccc(CNc2nc(CC(=O)O)cs2)cn1. The number of rotatable bonds is 5. The van der Waals surface area contributed by atoms with Crippen molar-refractivity contribution in [2.45, 2.75) is 19.9 Å². The average molecular weight is 263 g/mol. The molecule has 6 heteroatoms. The number of aliphatic carboxylic acids is 1. The topological polar surface area (TPSA) is 75.1 Å². The number of anilines is 1. The van der Waals surface area contributed by atoms with Crippen molar-refractivity contribution in [3.63, 3.8) is 0 Å². The first-order valence-corrected chi connectivity index (χ1v) is 6.33. The summed E-state index contributed by atoms with van der Waals surface area (Å²) < 4.78 is 0. The van der Waals surface area contributed by atoms with Crippen molar-refractivity contribution < 1.29 is 9.90 Å². The van der Waals surface area contributed by atoms with Gasteiger partial charge in [-0.25, -0.2) is 4.98 Å². The zero-order valence-corrected chi connectivity index (χ0v) is 10.7. The number of nitrogens with zero attached hydrogens (tertiary/aromatic N) is 2. The van der Waals surface area contributed by atoms with Crippen LogP contribution in [-0.2, 0) is 17.8 Å². The average Bonchev–Trinajstić information content (AvgIpc) is 2.75. The van der Waals surface area contributed by atoms with Gasteiger partial charge < -0.3 is 10.4 Å². The lowest BCUT2D eigenvalue weighted by atomic mass is 10.2. The van der Waals surface area contributed by atoms with Gasteiger partial charge in [0, 0.05) is 23.8 Å². The lowest BCUT2D eigenvalue weighted by molar-refractivity contribution is -0.136. The molecular weight excluding hydrogens is 250 g/mol. The predicted molar refractivity (Wildman–Crippen MR) is 69.8 cm³/mol. The van der Waals surface area contributed by atoms with Gasteiger partial charge in [0.25, 0.3) is 0 Å². The van der Waals surface area contributed by atoms with Crippen LogP contribution in [0.3, 0.4) is 0 Å². The van der Waals surface area contributed by atoms with Crippen molar-refractivity contribution in [2.75, 3.05) is 5.32 Å². The van der Waals surface area contributed by atoms with E-state index in [4.69, 9.17) is 5.11 Å². The number of thiazole rings is 1. The number of hydrogen-bond acceptors (Lipinski definition) is 5. The summed E-state index contributed by atoms with van der Waals surface area (Å²) in [4.78, 5) is 18.9. The molecule has 0 saturated heterocycles. The Kier molecular flexibility index (Phi) is 3.88. The molecule has 0 aromatic carbocycles. The van der Waals surface area contributed by atoms with Crippen LogP contribution in [0, 0.1) is 6.92 Å². The number of pyridine rings is 1. The van der Waals surface area contributed by atoms with E-state index in [0.29, 0.717) is 12.2 Å². The van der Waals surface area contributed by atoms with Crippen molar-refractivity contribution in [3.05, 3.63) is 40.7 Å². The Hall–Kier alpha value is -1.95. The highest BCUT2D eigenvalue weighted by Crippen LogP contribution is 2.16. The number of carbonyl (C=O) groups is 1. The van der Waals surface area contributed by atoms with Crippen LogP contribution in [0.2, 0.25) is 0 Å². The second kappa shape index (κ2) is 5.59. The van der Waals surface area contributed by atoms with E-state index < -0.39 is 5.97 Å². The summed E-state index contributed by atoms with van der Waals surface area (Å²) in [5, 5.41) is 14.3. The van der Waals surface area contributed by atoms with Crippen molar-refractivity contribution in [1.29, 1.82) is 0 Å². The Morgan fingerprint density at radius 1 is 1.50 bits per heavy atom. The predicted octanol–water partition coefficient (Wildman–Crippen LogP) is 2.09. The second-order valence-corrected chi connectivity index (χ2v) is 4.73. The molecule has 0 saturated carbocycles. The molecule has 5 nitrogen and oxygen atoms in total. The molecule has 0 atom stereocenters. The molecule has 2 aromatic rings. The maximum atomic E-state index is 10.5. The summed E-state index contributed by atoms with van der Waals surface area (Å²) in [6.07, 6.45) is 1.78.